The van der Waals surface area contributed by atoms with E-state index in [1.807, 2.05) is 31.2 Å². The number of nitrogens with one attached hydrogen (secondary N) is 2. The molecule has 1 fully saturated rings. The molecule has 0 aliphatic carbocycles. The van der Waals surface area contributed by atoms with Gasteiger partial charge in [0.25, 0.3) is 11.8 Å². The van der Waals surface area contributed by atoms with E-state index in [4.69, 9.17) is 4.74 Å². The Morgan fingerprint density at radius 3 is 2.74 bits per heavy atom. The van der Waals surface area contributed by atoms with Gasteiger partial charge in [0.1, 0.15) is 0 Å². The fourth-order valence-electron chi connectivity index (χ4n) is 4.08. The molecule has 2 aliphatic heterocycles. The highest BCUT2D eigenvalue weighted by molar-refractivity contribution is 14.1. The molecule has 0 unspecified atom stereocenters. The number of ether oxygens (including phenoxy) is 1. The molecule has 0 bridgehead atoms. The molecule has 7 heteroatoms. The van der Waals surface area contributed by atoms with Crippen LogP contribution in [0.25, 0.3) is 5.57 Å². The molecule has 2 heterocycles. The molecule has 0 spiro atoms. The maximum atomic E-state index is 12.4. The lowest BCUT2D eigenvalue weighted by atomic mass is 9.95. The van der Waals surface area contributed by atoms with Crippen molar-refractivity contribution in [3.05, 3.63) is 68.9 Å². The third-order valence-corrected chi connectivity index (χ3v) is 6.40. The molecule has 2 aliphatic rings. The van der Waals surface area contributed by atoms with Crippen molar-refractivity contribution in [3.63, 3.8) is 0 Å². The van der Waals surface area contributed by atoms with Crippen molar-refractivity contribution in [3.8, 4) is 0 Å². The normalized spacial score (nSPS) is 20.1. The van der Waals surface area contributed by atoms with E-state index in [1.165, 1.54) is 18.4 Å². The molecule has 2 N–H and O–H groups in total. The van der Waals surface area contributed by atoms with Crippen LogP contribution in [0.5, 0.6) is 0 Å². The topological polar surface area (TPSA) is 70.7 Å². The summed E-state index contributed by atoms with van der Waals surface area (Å²) >= 11 is 2.18. The zero-order valence-corrected chi connectivity index (χ0v) is 19.6. The van der Waals surface area contributed by atoms with Crippen LogP contribution in [0.4, 0.5) is 5.69 Å². The summed E-state index contributed by atoms with van der Waals surface area (Å²) < 4.78 is 6.60. The first-order valence-electron chi connectivity index (χ1n) is 10.6. The molecule has 4 rings (SSSR count). The Morgan fingerprint density at radius 1 is 1.16 bits per heavy atom. The molecule has 2 aromatic carbocycles. The second-order valence-electron chi connectivity index (χ2n) is 7.80. The monoisotopic (exact) mass is 531 g/mol. The third kappa shape index (κ3) is 5.16. The van der Waals surface area contributed by atoms with Gasteiger partial charge in [-0.05, 0) is 84.8 Å². The molecule has 6 nitrogen and oxygen atoms in total. The molecular formula is C24H26IN3O3. The number of amides is 2. The molecule has 0 saturated carbocycles. The summed E-state index contributed by atoms with van der Waals surface area (Å²) in [5, 5.41) is 5.61. The number of hydrogen-bond acceptors (Lipinski definition) is 5. The van der Waals surface area contributed by atoms with Gasteiger partial charge in [-0.3, -0.25) is 19.8 Å². The number of carbonyl (C=O) groups is 2. The highest BCUT2D eigenvalue weighted by Crippen LogP contribution is 2.26. The Bertz CT molecular complexity index is 1000. The van der Waals surface area contributed by atoms with Gasteiger partial charge in [0, 0.05) is 45.8 Å². The van der Waals surface area contributed by atoms with E-state index in [-0.39, 0.29) is 5.91 Å². The van der Waals surface area contributed by atoms with Crippen molar-refractivity contribution in [1.82, 2.24) is 10.2 Å². The number of benzene rings is 2. The van der Waals surface area contributed by atoms with E-state index >= 15 is 0 Å². The maximum absolute atomic E-state index is 12.4. The second kappa shape index (κ2) is 9.93. The van der Waals surface area contributed by atoms with Crippen LogP contribution >= 0.6 is 22.6 Å². The zero-order chi connectivity index (χ0) is 21.8. The molecular weight excluding hydrogens is 505 g/mol. The number of nitrogens with zero attached hydrogens (tertiary/aromatic N) is 1. The van der Waals surface area contributed by atoms with Crippen LogP contribution < -0.4 is 10.6 Å². The molecule has 0 radical (unpaired) electrons. The van der Waals surface area contributed by atoms with Crippen molar-refractivity contribution >= 4 is 45.7 Å². The summed E-state index contributed by atoms with van der Waals surface area (Å²) in [7, 11) is 0. The standard InChI is InChI=1S/C24H26IN3O3/c1-2-31-15-19-4-3-11-28(19)14-16-5-8-18(9-6-16)26-13-22-21-12-17(25)7-10-20(21)23(29)27-24(22)30/h5-10,12-13,19,26H,2-4,11,14-15H2,1H3,(H,27,29,30)/b22-13-/t19-/m0/s1. The first-order valence-corrected chi connectivity index (χ1v) is 11.7. The number of likely N-dealkylation sites (tertiary alicyclic amines) is 1. The van der Waals surface area contributed by atoms with Crippen LogP contribution in [0.2, 0.25) is 0 Å². The minimum Gasteiger partial charge on any atom is -0.380 e. The summed E-state index contributed by atoms with van der Waals surface area (Å²) in [6.07, 6.45) is 4.08. The molecule has 31 heavy (non-hydrogen) atoms. The molecule has 0 aromatic heterocycles. The summed E-state index contributed by atoms with van der Waals surface area (Å²) in [5.74, 6) is -0.750. The van der Waals surface area contributed by atoms with E-state index < -0.39 is 5.91 Å². The smallest absolute Gasteiger partial charge is 0.260 e. The van der Waals surface area contributed by atoms with E-state index in [1.54, 1.807) is 12.3 Å². The van der Waals surface area contributed by atoms with Crippen LogP contribution in [0.3, 0.4) is 0 Å². The third-order valence-electron chi connectivity index (χ3n) is 5.72. The lowest BCUT2D eigenvalue weighted by molar-refractivity contribution is -0.114. The maximum Gasteiger partial charge on any atom is 0.260 e. The van der Waals surface area contributed by atoms with E-state index in [0.29, 0.717) is 22.7 Å². The molecule has 1 saturated heterocycles. The van der Waals surface area contributed by atoms with Crippen LogP contribution in [0, 0.1) is 3.57 Å². The first-order chi connectivity index (χ1) is 15.0. The fraction of sp³-hybridized carbons (Fsp3) is 0.333. The fourth-order valence-corrected chi connectivity index (χ4v) is 4.57. The Kier molecular flexibility index (Phi) is 7.04. The number of imide groups is 1. The second-order valence-corrected chi connectivity index (χ2v) is 9.04. The zero-order valence-electron chi connectivity index (χ0n) is 17.5. The van der Waals surface area contributed by atoms with Crippen LogP contribution in [0.1, 0.15) is 41.3 Å². The quantitative estimate of drug-likeness (QED) is 0.321. The number of hydrogen-bond donors (Lipinski definition) is 2. The van der Waals surface area contributed by atoms with Crippen molar-refractivity contribution in [2.45, 2.75) is 32.4 Å². The predicted molar refractivity (Wildman–Crippen MR) is 130 cm³/mol. The highest BCUT2D eigenvalue weighted by Gasteiger charge is 2.27. The number of anilines is 1. The van der Waals surface area contributed by atoms with Gasteiger partial charge in [-0.1, -0.05) is 12.1 Å². The molecule has 2 aromatic rings. The van der Waals surface area contributed by atoms with Gasteiger partial charge in [-0.25, -0.2) is 0 Å². The summed E-state index contributed by atoms with van der Waals surface area (Å²) in [6.45, 7) is 5.62. The Labute approximate surface area is 196 Å². The van der Waals surface area contributed by atoms with E-state index in [2.05, 4.69) is 50.3 Å². The SMILES string of the molecule is CCOC[C@@H]1CCCN1Cc1ccc(N/C=C2\C(=O)NC(=O)c3ccc(I)cc32)cc1. The molecule has 1 atom stereocenters. The Hall–Kier alpha value is -2.23. The van der Waals surface area contributed by atoms with Gasteiger partial charge in [0.15, 0.2) is 0 Å². The van der Waals surface area contributed by atoms with Gasteiger partial charge in [-0.2, -0.15) is 0 Å². The van der Waals surface area contributed by atoms with Crippen molar-refractivity contribution in [2.75, 3.05) is 25.1 Å². The first kappa shape index (κ1) is 22.0. The van der Waals surface area contributed by atoms with E-state index in [9.17, 15) is 9.59 Å². The van der Waals surface area contributed by atoms with Gasteiger partial charge in [0.05, 0.1) is 12.2 Å². The lowest BCUT2D eigenvalue weighted by Crippen LogP contribution is -2.36. The molecule has 2 amide bonds. The Morgan fingerprint density at radius 2 is 1.97 bits per heavy atom. The largest absolute Gasteiger partial charge is 0.380 e. The Balaban J connectivity index is 1.44. The number of halogens is 1. The minimum absolute atomic E-state index is 0.359. The van der Waals surface area contributed by atoms with Crippen LogP contribution in [-0.2, 0) is 16.1 Å². The molecule has 162 valence electrons. The average molecular weight is 531 g/mol. The highest BCUT2D eigenvalue weighted by atomic mass is 127. The predicted octanol–water partition coefficient (Wildman–Crippen LogP) is 4.02. The van der Waals surface area contributed by atoms with Crippen molar-refractivity contribution in [1.29, 1.82) is 0 Å². The van der Waals surface area contributed by atoms with Crippen LogP contribution in [0.15, 0.2) is 48.7 Å². The van der Waals surface area contributed by atoms with Gasteiger partial charge in [-0.15, -0.1) is 0 Å². The van der Waals surface area contributed by atoms with Crippen molar-refractivity contribution < 1.29 is 14.3 Å². The summed E-state index contributed by atoms with van der Waals surface area (Å²) in [5.41, 5.74) is 3.76. The summed E-state index contributed by atoms with van der Waals surface area (Å²) in [4.78, 5) is 27.0. The van der Waals surface area contributed by atoms with E-state index in [0.717, 1.165) is 35.6 Å². The lowest BCUT2D eigenvalue weighted by Gasteiger charge is -2.24. The number of rotatable bonds is 7. The van der Waals surface area contributed by atoms with Gasteiger partial charge in [0.2, 0.25) is 0 Å². The number of carbonyl (C=O) groups excluding carboxylic acids is 2. The van der Waals surface area contributed by atoms with Crippen LogP contribution in [-0.4, -0.2) is 42.5 Å². The van der Waals surface area contributed by atoms with Gasteiger partial charge >= 0.3 is 0 Å². The minimum atomic E-state index is -0.391. The number of fused-ring (bicyclic) bond motifs is 1. The van der Waals surface area contributed by atoms with Crippen molar-refractivity contribution in [2.24, 2.45) is 0 Å². The average Bonchev–Trinajstić information content (AvgIpc) is 3.19. The van der Waals surface area contributed by atoms with Gasteiger partial charge < -0.3 is 10.1 Å². The summed E-state index contributed by atoms with van der Waals surface area (Å²) in [6, 6.07) is 14.2.